The Morgan fingerprint density at radius 1 is 1.50 bits per heavy atom. The van der Waals surface area contributed by atoms with Gasteiger partial charge in [-0.3, -0.25) is 0 Å². The van der Waals surface area contributed by atoms with E-state index in [9.17, 15) is 0 Å². The molecule has 88 valence electrons. The van der Waals surface area contributed by atoms with Crippen LogP contribution in [0.5, 0.6) is 5.75 Å². The van der Waals surface area contributed by atoms with Gasteiger partial charge in [0.2, 0.25) is 0 Å². The maximum absolute atomic E-state index is 5.41. The summed E-state index contributed by atoms with van der Waals surface area (Å²) >= 11 is 0. The highest BCUT2D eigenvalue weighted by Crippen LogP contribution is 2.35. The summed E-state index contributed by atoms with van der Waals surface area (Å²) < 4.78 is 5.41. The molecule has 0 radical (unpaired) electrons. The van der Waals surface area contributed by atoms with E-state index in [0.29, 0.717) is 6.04 Å². The molecule has 1 aliphatic rings. The lowest BCUT2D eigenvalue weighted by Crippen LogP contribution is -2.34. The van der Waals surface area contributed by atoms with Gasteiger partial charge in [0.1, 0.15) is 5.75 Å². The number of aryl methyl sites for hydroxylation is 1. The van der Waals surface area contributed by atoms with Crippen LogP contribution in [0, 0.1) is 6.92 Å². The third kappa shape index (κ3) is 2.00. The van der Waals surface area contributed by atoms with Crippen LogP contribution in [0.15, 0.2) is 12.1 Å². The van der Waals surface area contributed by atoms with E-state index < -0.39 is 0 Å². The molecular formula is C13H20N2O. The van der Waals surface area contributed by atoms with Crippen molar-refractivity contribution in [2.75, 3.05) is 26.0 Å². The third-order valence-corrected chi connectivity index (χ3v) is 3.27. The van der Waals surface area contributed by atoms with Gasteiger partial charge in [-0.2, -0.15) is 0 Å². The summed E-state index contributed by atoms with van der Waals surface area (Å²) in [5, 5.41) is 6.79. The highest BCUT2D eigenvalue weighted by atomic mass is 16.5. The van der Waals surface area contributed by atoms with E-state index >= 15 is 0 Å². The minimum absolute atomic E-state index is 0.508. The lowest BCUT2D eigenvalue weighted by molar-refractivity contribution is 0.413. The second-order valence-electron chi connectivity index (χ2n) is 4.38. The van der Waals surface area contributed by atoms with Gasteiger partial charge in [0, 0.05) is 12.6 Å². The molecule has 0 saturated carbocycles. The second-order valence-corrected chi connectivity index (χ2v) is 4.38. The highest BCUT2D eigenvalue weighted by molar-refractivity contribution is 5.66. The molecule has 3 heteroatoms. The summed E-state index contributed by atoms with van der Waals surface area (Å²) in [6.45, 7) is 3.16. The van der Waals surface area contributed by atoms with E-state index in [-0.39, 0.29) is 0 Å². The van der Waals surface area contributed by atoms with Crippen LogP contribution in [0.1, 0.15) is 17.5 Å². The number of likely N-dealkylation sites (N-methyl/N-ethyl adjacent to an activating group) is 1. The lowest BCUT2D eigenvalue weighted by Gasteiger charge is -2.29. The van der Waals surface area contributed by atoms with Crippen molar-refractivity contribution in [1.82, 2.24) is 5.32 Å². The van der Waals surface area contributed by atoms with Crippen molar-refractivity contribution in [3.8, 4) is 5.75 Å². The molecule has 2 rings (SSSR count). The molecule has 0 saturated heterocycles. The zero-order valence-corrected chi connectivity index (χ0v) is 10.3. The van der Waals surface area contributed by atoms with Gasteiger partial charge in [-0.15, -0.1) is 0 Å². The Morgan fingerprint density at radius 3 is 3.00 bits per heavy atom. The molecule has 1 aromatic carbocycles. The van der Waals surface area contributed by atoms with Crippen LogP contribution in [-0.2, 0) is 6.42 Å². The molecule has 2 N–H and O–H groups in total. The first-order valence-electron chi connectivity index (χ1n) is 5.84. The first-order valence-corrected chi connectivity index (χ1v) is 5.84. The normalized spacial score (nSPS) is 18.8. The summed E-state index contributed by atoms with van der Waals surface area (Å²) in [4.78, 5) is 0. The Kier molecular flexibility index (Phi) is 3.34. The van der Waals surface area contributed by atoms with Gasteiger partial charge in [0.05, 0.1) is 12.8 Å². The van der Waals surface area contributed by atoms with Gasteiger partial charge in [-0.1, -0.05) is 6.07 Å². The largest absolute Gasteiger partial charge is 0.495 e. The van der Waals surface area contributed by atoms with Crippen molar-refractivity contribution in [1.29, 1.82) is 0 Å². The Hall–Kier alpha value is -1.22. The molecule has 0 aliphatic carbocycles. The topological polar surface area (TPSA) is 33.3 Å². The maximum Gasteiger partial charge on any atom is 0.142 e. The number of fused-ring (bicyclic) bond motifs is 1. The molecular weight excluding hydrogens is 200 g/mol. The highest BCUT2D eigenvalue weighted by Gasteiger charge is 2.21. The summed E-state index contributed by atoms with van der Waals surface area (Å²) in [5.74, 6) is 0.960. The molecule has 1 unspecified atom stereocenters. The fourth-order valence-corrected chi connectivity index (χ4v) is 2.38. The number of methoxy groups -OCH3 is 1. The maximum atomic E-state index is 5.41. The van der Waals surface area contributed by atoms with Crippen LogP contribution < -0.4 is 15.4 Å². The second kappa shape index (κ2) is 4.74. The molecule has 0 spiro atoms. The van der Waals surface area contributed by atoms with Gasteiger partial charge < -0.3 is 15.4 Å². The predicted molar refractivity (Wildman–Crippen MR) is 67.4 cm³/mol. The zero-order chi connectivity index (χ0) is 11.5. The standard InChI is InChI=1S/C13H20N2O/c1-9-4-7-12(16-3)13-11(9)6-5-10(15-13)8-14-2/h4,7,10,14-15H,5-6,8H2,1-3H3. The van der Waals surface area contributed by atoms with E-state index in [1.807, 2.05) is 13.1 Å². The van der Waals surface area contributed by atoms with Crippen molar-refractivity contribution in [3.05, 3.63) is 23.3 Å². The van der Waals surface area contributed by atoms with Crippen LogP contribution >= 0.6 is 0 Å². The molecule has 0 bridgehead atoms. The molecule has 1 aliphatic heterocycles. The van der Waals surface area contributed by atoms with E-state index in [4.69, 9.17) is 4.74 Å². The fraction of sp³-hybridized carbons (Fsp3) is 0.538. The van der Waals surface area contributed by atoms with E-state index in [0.717, 1.165) is 18.7 Å². The average molecular weight is 220 g/mol. The quantitative estimate of drug-likeness (QED) is 0.817. The summed E-state index contributed by atoms with van der Waals surface area (Å²) in [6, 6.07) is 4.69. The Morgan fingerprint density at radius 2 is 2.31 bits per heavy atom. The van der Waals surface area contributed by atoms with Crippen LogP contribution in [0.25, 0.3) is 0 Å². The first kappa shape index (κ1) is 11.3. The van der Waals surface area contributed by atoms with Crippen LogP contribution in [0.2, 0.25) is 0 Å². The van der Waals surface area contributed by atoms with Gasteiger partial charge in [-0.25, -0.2) is 0 Å². The molecule has 1 aromatic rings. The summed E-state index contributed by atoms with van der Waals surface area (Å²) in [5.41, 5.74) is 3.95. The van der Waals surface area contributed by atoms with Crippen LogP contribution in [-0.4, -0.2) is 26.7 Å². The Labute approximate surface area is 97.2 Å². The average Bonchev–Trinajstić information content (AvgIpc) is 2.30. The number of hydrogen-bond acceptors (Lipinski definition) is 3. The number of benzene rings is 1. The van der Waals surface area contributed by atoms with Crippen LogP contribution in [0.3, 0.4) is 0 Å². The zero-order valence-electron chi connectivity index (χ0n) is 10.3. The monoisotopic (exact) mass is 220 g/mol. The van der Waals surface area contributed by atoms with Crippen molar-refractivity contribution in [2.45, 2.75) is 25.8 Å². The molecule has 0 aromatic heterocycles. The van der Waals surface area contributed by atoms with E-state index in [2.05, 4.69) is 23.6 Å². The summed E-state index contributed by atoms with van der Waals surface area (Å²) in [6.07, 6.45) is 2.32. The van der Waals surface area contributed by atoms with Crippen LogP contribution in [0.4, 0.5) is 5.69 Å². The smallest absolute Gasteiger partial charge is 0.142 e. The van der Waals surface area contributed by atoms with Crippen molar-refractivity contribution >= 4 is 5.69 Å². The SMILES string of the molecule is CNCC1CCc2c(C)ccc(OC)c2N1. The van der Waals surface area contributed by atoms with Crippen molar-refractivity contribution in [2.24, 2.45) is 0 Å². The molecule has 1 heterocycles. The predicted octanol–water partition coefficient (Wildman–Crippen LogP) is 1.95. The van der Waals surface area contributed by atoms with Crippen molar-refractivity contribution in [3.63, 3.8) is 0 Å². The lowest BCUT2D eigenvalue weighted by atomic mass is 9.94. The Balaban J connectivity index is 2.31. The summed E-state index contributed by atoms with van der Waals surface area (Å²) in [7, 11) is 3.72. The number of anilines is 1. The van der Waals surface area contributed by atoms with E-state index in [1.54, 1.807) is 7.11 Å². The fourth-order valence-electron chi connectivity index (χ4n) is 2.38. The molecule has 0 amide bonds. The number of hydrogen-bond donors (Lipinski definition) is 2. The number of rotatable bonds is 3. The number of ether oxygens (including phenoxy) is 1. The van der Waals surface area contributed by atoms with E-state index in [1.165, 1.54) is 23.2 Å². The van der Waals surface area contributed by atoms with Crippen molar-refractivity contribution < 1.29 is 4.74 Å². The van der Waals surface area contributed by atoms with Gasteiger partial charge >= 0.3 is 0 Å². The molecule has 16 heavy (non-hydrogen) atoms. The third-order valence-electron chi connectivity index (χ3n) is 3.27. The minimum Gasteiger partial charge on any atom is -0.495 e. The van der Waals surface area contributed by atoms with Gasteiger partial charge in [0.15, 0.2) is 0 Å². The molecule has 1 atom stereocenters. The first-order chi connectivity index (χ1) is 7.76. The molecule has 0 fully saturated rings. The number of nitrogens with one attached hydrogen (secondary N) is 2. The van der Waals surface area contributed by atoms with Gasteiger partial charge in [-0.05, 0) is 44.0 Å². The Bertz CT molecular complexity index is 376. The van der Waals surface area contributed by atoms with Gasteiger partial charge in [0.25, 0.3) is 0 Å². The molecule has 3 nitrogen and oxygen atoms in total. The minimum atomic E-state index is 0.508.